The van der Waals surface area contributed by atoms with Gasteiger partial charge in [0, 0.05) is 4.47 Å². The molecule has 0 aliphatic rings. The van der Waals surface area contributed by atoms with Gasteiger partial charge in [0.05, 0.1) is 16.4 Å². The van der Waals surface area contributed by atoms with E-state index in [4.69, 9.17) is 10.5 Å². The number of halogens is 2. The molecule has 2 N–H and O–H groups in total. The fraction of sp³-hybridized carbons (Fsp3) is 0.267. The Hall–Kier alpha value is -1.07. The van der Waals surface area contributed by atoms with E-state index in [1.54, 1.807) is 6.20 Å². The van der Waals surface area contributed by atoms with Crippen LogP contribution in [0.15, 0.2) is 33.3 Å². The summed E-state index contributed by atoms with van der Waals surface area (Å²) < 4.78 is 7.78. The molecule has 0 saturated heterocycles. The van der Waals surface area contributed by atoms with Crippen LogP contribution in [0.1, 0.15) is 30.9 Å². The Balaban J connectivity index is 2.43. The van der Waals surface area contributed by atoms with Crippen molar-refractivity contribution in [3.05, 3.63) is 44.5 Å². The number of hydrogen-bond acceptors (Lipinski definition) is 3. The summed E-state index contributed by atoms with van der Waals surface area (Å²) in [6, 6.07) is 5.97. The second-order valence-electron chi connectivity index (χ2n) is 4.90. The Labute approximate surface area is 135 Å². The summed E-state index contributed by atoms with van der Waals surface area (Å²) in [4.78, 5) is 4.25. The van der Waals surface area contributed by atoms with Gasteiger partial charge in [-0.1, -0.05) is 29.8 Å². The number of rotatable bonds is 3. The third-order valence-electron chi connectivity index (χ3n) is 3.07. The molecule has 1 aromatic carbocycles. The number of pyridine rings is 1. The van der Waals surface area contributed by atoms with Gasteiger partial charge in [-0.05, 0) is 58.1 Å². The van der Waals surface area contributed by atoms with Crippen molar-refractivity contribution in [2.24, 2.45) is 0 Å². The monoisotopic (exact) mass is 398 g/mol. The summed E-state index contributed by atoms with van der Waals surface area (Å²) >= 11 is 6.98. The molecular weight excluding hydrogens is 384 g/mol. The van der Waals surface area contributed by atoms with Gasteiger partial charge in [0.2, 0.25) is 5.88 Å². The molecule has 0 aliphatic heterocycles. The lowest BCUT2D eigenvalue weighted by Gasteiger charge is -2.15. The number of nitrogen functional groups attached to an aromatic ring is 1. The van der Waals surface area contributed by atoms with Crippen LogP contribution in [0.4, 0.5) is 5.69 Å². The van der Waals surface area contributed by atoms with Crippen LogP contribution in [0, 0.1) is 6.92 Å². The van der Waals surface area contributed by atoms with Gasteiger partial charge in [0.25, 0.3) is 0 Å². The van der Waals surface area contributed by atoms with Gasteiger partial charge in [0.15, 0.2) is 0 Å². The Morgan fingerprint density at radius 2 is 1.95 bits per heavy atom. The van der Waals surface area contributed by atoms with Gasteiger partial charge in [-0.25, -0.2) is 4.98 Å². The van der Waals surface area contributed by atoms with E-state index >= 15 is 0 Å². The Kier molecular flexibility index (Phi) is 4.70. The van der Waals surface area contributed by atoms with Crippen molar-refractivity contribution in [2.75, 3.05) is 5.73 Å². The summed E-state index contributed by atoms with van der Waals surface area (Å²) in [6.45, 7) is 6.19. The SMILES string of the molecule is Cc1c(N)cnc(Oc2ccc(Br)cc2C(C)C)c1Br. The highest BCUT2D eigenvalue weighted by Crippen LogP contribution is 2.36. The molecule has 0 amide bonds. The molecule has 0 saturated carbocycles. The fourth-order valence-corrected chi connectivity index (χ4v) is 2.60. The lowest BCUT2D eigenvalue weighted by atomic mass is 10.0. The first-order valence-corrected chi connectivity index (χ1v) is 7.86. The molecule has 1 aromatic heterocycles. The van der Waals surface area contributed by atoms with Crippen molar-refractivity contribution < 1.29 is 4.74 Å². The van der Waals surface area contributed by atoms with Crippen molar-refractivity contribution in [1.82, 2.24) is 4.98 Å². The molecule has 0 fully saturated rings. The van der Waals surface area contributed by atoms with E-state index in [2.05, 4.69) is 56.8 Å². The number of aromatic nitrogens is 1. The van der Waals surface area contributed by atoms with Gasteiger partial charge in [-0.3, -0.25) is 0 Å². The van der Waals surface area contributed by atoms with Gasteiger partial charge in [0.1, 0.15) is 5.75 Å². The van der Waals surface area contributed by atoms with Crippen LogP contribution in [-0.4, -0.2) is 4.98 Å². The second kappa shape index (κ2) is 6.14. The highest BCUT2D eigenvalue weighted by atomic mass is 79.9. The number of nitrogens with zero attached hydrogens (tertiary/aromatic N) is 1. The summed E-state index contributed by atoms with van der Waals surface area (Å²) in [7, 11) is 0. The van der Waals surface area contributed by atoms with Crippen molar-refractivity contribution in [1.29, 1.82) is 0 Å². The molecule has 0 spiro atoms. The van der Waals surface area contributed by atoms with Crippen LogP contribution >= 0.6 is 31.9 Å². The largest absolute Gasteiger partial charge is 0.438 e. The summed E-state index contributed by atoms with van der Waals surface area (Å²) in [5.74, 6) is 1.69. The first-order chi connectivity index (χ1) is 9.40. The van der Waals surface area contributed by atoms with E-state index in [0.29, 0.717) is 17.5 Å². The lowest BCUT2D eigenvalue weighted by Crippen LogP contribution is -1.99. The Bertz CT molecular complexity index is 642. The van der Waals surface area contributed by atoms with E-state index < -0.39 is 0 Å². The maximum absolute atomic E-state index is 5.96. The molecular formula is C15H16Br2N2O. The first kappa shape index (κ1) is 15.3. The van der Waals surface area contributed by atoms with Crippen LogP contribution < -0.4 is 10.5 Å². The molecule has 0 aliphatic carbocycles. The Morgan fingerprint density at radius 3 is 2.60 bits per heavy atom. The lowest BCUT2D eigenvalue weighted by molar-refractivity contribution is 0.451. The predicted molar refractivity (Wildman–Crippen MR) is 89.4 cm³/mol. The van der Waals surface area contributed by atoms with Gasteiger partial charge in [-0.15, -0.1) is 0 Å². The zero-order valence-electron chi connectivity index (χ0n) is 11.6. The number of benzene rings is 1. The molecule has 5 heteroatoms. The van der Waals surface area contributed by atoms with Crippen molar-refractivity contribution in [2.45, 2.75) is 26.7 Å². The van der Waals surface area contributed by atoms with E-state index in [0.717, 1.165) is 25.8 Å². The topological polar surface area (TPSA) is 48.1 Å². The Morgan fingerprint density at radius 1 is 1.25 bits per heavy atom. The van der Waals surface area contributed by atoms with Crippen molar-refractivity contribution in [3.8, 4) is 11.6 Å². The van der Waals surface area contributed by atoms with E-state index in [1.807, 2.05) is 19.1 Å². The van der Waals surface area contributed by atoms with Crippen molar-refractivity contribution in [3.63, 3.8) is 0 Å². The molecule has 0 radical (unpaired) electrons. The van der Waals surface area contributed by atoms with Crippen molar-refractivity contribution >= 4 is 37.5 Å². The average Bonchev–Trinajstić information content (AvgIpc) is 2.41. The molecule has 0 unspecified atom stereocenters. The number of ether oxygens (including phenoxy) is 1. The van der Waals surface area contributed by atoms with E-state index in [9.17, 15) is 0 Å². The molecule has 0 bridgehead atoms. The first-order valence-electron chi connectivity index (χ1n) is 6.28. The van der Waals surface area contributed by atoms with E-state index in [-0.39, 0.29) is 0 Å². The summed E-state index contributed by atoms with van der Waals surface area (Å²) in [6.07, 6.45) is 1.61. The maximum Gasteiger partial charge on any atom is 0.234 e. The molecule has 2 aromatic rings. The average molecular weight is 400 g/mol. The van der Waals surface area contributed by atoms with Gasteiger partial charge < -0.3 is 10.5 Å². The number of hydrogen-bond donors (Lipinski definition) is 1. The fourth-order valence-electron chi connectivity index (χ4n) is 1.81. The predicted octanol–water partition coefficient (Wildman–Crippen LogP) is 5.41. The maximum atomic E-state index is 5.96. The highest BCUT2D eigenvalue weighted by molar-refractivity contribution is 9.10. The van der Waals surface area contributed by atoms with E-state index in [1.165, 1.54) is 0 Å². The number of anilines is 1. The summed E-state index contributed by atoms with van der Waals surface area (Å²) in [5, 5.41) is 0. The van der Waals surface area contributed by atoms with Gasteiger partial charge in [-0.2, -0.15) is 0 Å². The molecule has 2 rings (SSSR count). The second-order valence-corrected chi connectivity index (χ2v) is 6.61. The zero-order chi connectivity index (χ0) is 14.9. The van der Waals surface area contributed by atoms with Gasteiger partial charge >= 0.3 is 0 Å². The van der Waals surface area contributed by atoms with Crippen LogP contribution in [0.2, 0.25) is 0 Å². The smallest absolute Gasteiger partial charge is 0.234 e. The standard InChI is InChI=1S/C15H16Br2N2O/c1-8(2)11-6-10(16)4-5-13(11)20-15-14(17)9(3)12(18)7-19-15/h4-8H,18H2,1-3H3. The molecule has 106 valence electrons. The minimum absolute atomic E-state index is 0.358. The van der Waals surface area contributed by atoms with Crippen LogP contribution in [0.25, 0.3) is 0 Å². The molecule has 1 heterocycles. The minimum Gasteiger partial charge on any atom is -0.438 e. The van der Waals surface area contributed by atoms with Crippen LogP contribution in [0.5, 0.6) is 11.6 Å². The third-order valence-corrected chi connectivity index (χ3v) is 4.50. The third kappa shape index (κ3) is 3.15. The van der Waals surface area contributed by atoms with Crippen LogP contribution in [0.3, 0.4) is 0 Å². The molecule has 20 heavy (non-hydrogen) atoms. The molecule has 0 atom stereocenters. The number of nitrogens with two attached hydrogens (primary N) is 1. The van der Waals surface area contributed by atoms with Crippen LogP contribution in [-0.2, 0) is 0 Å². The quantitative estimate of drug-likeness (QED) is 0.750. The minimum atomic E-state index is 0.358. The summed E-state index contributed by atoms with van der Waals surface area (Å²) in [5.41, 5.74) is 8.53. The normalized spacial score (nSPS) is 10.9. The highest BCUT2D eigenvalue weighted by Gasteiger charge is 2.14. The zero-order valence-corrected chi connectivity index (χ0v) is 14.7. The molecule has 3 nitrogen and oxygen atoms in total.